The Bertz CT molecular complexity index is 1170. The Morgan fingerprint density at radius 3 is 2.21 bits per heavy atom. The van der Waals surface area contributed by atoms with Crippen molar-refractivity contribution in [3.63, 3.8) is 0 Å². The number of rotatable bonds is 5. The van der Waals surface area contributed by atoms with E-state index in [4.69, 9.17) is 4.74 Å². The number of benzene rings is 3. The third kappa shape index (κ3) is 4.43. The lowest BCUT2D eigenvalue weighted by Gasteiger charge is -2.43. The van der Waals surface area contributed by atoms with Crippen molar-refractivity contribution >= 4 is 23.2 Å². The summed E-state index contributed by atoms with van der Waals surface area (Å²) in [5.41, 5.74) is 4.54. The van der Waals surface area contributed by atoms with Gasteiger partial charge in [0, 0.05) is 29.9 Å². The van der Waals surface area contributed by atoms with Crippen LogP contribution in [0.4, 0.5) is 11.4 Å². The highest BCUT2D eigenvalue weighted by molar-refractivity contribution is 6.07. The van der Waals surface area contributed by atoms with Gasteiger partial charge < -0.3 is 14.5 Å². The average Bonchev–Trinajstić information content (AvgIpc) is 2.84. The van der Waals surface area contributed by atoms with Gasteiger partial charge in [0.25, 0.3) is 5.91 Å². The third-order valence-corrected chi connectivity index (χ3v) is 6.61. The van der Waals surface area contributed by atoms with Crippen LogP contribution in [0.25, 0.3) is 0 Å². The van der Waals surface area contributed by atoms with Gasteiger partial charge in [-0.3, -0.25) is 9.59 Å². The second kappa shape index (κ2) is 9.72. The molecule has 1 heterocycles. The van der Waals surface area contributed by atoms with Gasteiger partial charge in [0.05, 0.1) is 13.2 Å². The van der Waals surface area contributed by atoms with Gasteiger partial charge in [0.15, 0.2) is 0 Å². The summed E-state index contributed by atoms with van der Waals surface area (Å²) in [6, 6.07) is 23.1. The molecule has 176 valence electrons. The van der Waals surface area contributed by atoms with Crippen LogP contribution in [0.1, 0.15) is 67.6 Å². The number of carbonyl (C=O) groups is 2. The second-order valence-electron chi connectivity index (χ2n) is 9.20. The summed E-state index contributed by atoms with van der Waals surface area (Å²) in [5, 5.41) is 0. The van der Waals surface area contributed by atoms with Crippen LogP contribution < -0.4 is 14.5 Å². The fourth-order valence-electron chi connectivity index (χ4n) is 4.81. The molecule has 0 bridgehead atoms. The first-order chi connectivity index (χ1) is 16.3. The van der Waals surface area contributed by atoms with E-state index < -0.39 is 0 Å². The molecule has 3 aromatic carbocycles. The first-order valence-electron chi connectivity index (χ1n) is 11.8. The molecule has 0 spiro atoms. The number of anilines is 2. The molecule has 34 heavy (non-hydrogen) atoms. The standard InChI is InChI=1S/C29H32N2O3/c1-19(2)22-10-14-24(15-11-22)31(21(4)32)28-18-20(3)30(27-9-7-6-8-26(27)28)29(33)23-12-16-25(34-5)17-13-23/h6-17,19-20,28H,18H2,1-5H3/t20-,28+/m0/s1. The Hall–Kier alpha value is -3.60. The molecule has 0 saturated heterocycles. The van der Waals surface area contributed by atoms with Crippen molar-refractivity contribution in [2.24, 2.45) is 0 Å². The molecule has 0 aliphatic carbocycles. The van der Waals surface area contributed by atoms with E-state index in [2.05, 4.69) is 26.0 Å². The van der Waals surface area contributed by atoms with Gasteiger partial charge in [-0.25, -0.2) is 0 Å². The quantitative estimate of drug-likeness (QED) is 0.449. The number of ether oxygens (including phenoxy) is 1. The number of methoxy groups -OCH3 is 1. The van der Waals surface area contributed by atoms with E-state index in [0.717, 1.165) is 16.9 Å². The second-order valence-corrected chi connectivity index (χ2v) is 9.20. The zero-order valence-electron chi connectivity index (χ0n) is 20.5. The molecule has 1 aliphatic rings. The number of para-hydroxylation sites is 1. The summed E-state index contributed by atoms with van der Waals surface area (Å²) in [7, 11) is 1.61. The SMILES string of the molecule is COc1ccc(C(=O)N2c3ccccc3[C@H](N(C(C)=O)c3ccc(C(C)C)cc3)C[C@@H]2C)cc1. The first-order valence-corrected chi connectivity index (χ1v) is 11.8. The van der Waals surface area contributed by atoms with Crippen molar-refractivity contribution in [1.29, 1.82) is 0 Å². The minimum atomic E-state index is -0.159. The van der Waals surface area contributed by atoms with Crippen molar-refractivity contribution in [2.75, 3.05) is 16.9 Å². The maximum Gasteiger partial charge on any atom is 0.258 e. The Labute approximate surface area is 202 Å². The Morgan fingerprint density at radius 1 is 0.971 bits per heavy atom. The maximum absolute atomic E-state index is 13.6. The molecule has 5 nitrogen and oxygen atoms in total. The number of carbonyl (C=O) groups excluding carboxylic acids is 2. The van der Waals surface area contributed by atoms with Gasteiger partial charge in [0.2, 0.25) is 5.91 Å². The van der Waals surface area contributed by atoms with E-state index in [1.54, 1.807) is 38.3 Å². The van der Waals surface area contributed by atoms with Gasteiger partial charge in [-0.2, -0.15) is 0 Å². The summed E-state index contributed by atoms with van der Waals surface area (Å²) in [5.74, 6) is 1.06. The van der Waals surface area contributed by atoms with Crippen molar-refractivity contribution < 1.29 is 14.3 Å². The number of fused-ring (bicyclic) bond motifs is 1. The van der Waals surface area contributed by atoms with Crippen molar-refractivity contribution in [3.05, 3.63) is 89.5 Å². The van der Waals surface area contributed by atoms with Crippen LogP contribution in [-0.4, -0.2) is 25.0 Å². The molecule has 0 radical (unpaired) electrons. The van der Waals surface area contributed by atoms with Gasteiger partial charge in [-0.15, -0.1) is 0 Å². The molecule has 1 aliphatic heterocycles. The normalized spacial score (nSPS) is 17.3. The van der Waals surface area contributed by atoms with Crippen LogP contribution in [0, 0.1) is 0 Å². The molecule has 0 unspecified atom stereocenters. The predicted octanol–water partition coefficient (Wildman–Crippen LogP) is 6.35. The molecule has 0 aromatic heterocycles. The Morgan fingerprint density at radius 2 is 1.62 bits per heavy atom. The topological polar surface area (TPSA) is 49.9 Å². The largest absolute Gasteiger partial charge is 0.497 e. The molecule has 0 saturated carbocycles. The van der Waals surface area contributed by atoms with Crippen LogP contribution in [-0.2, 0) is 4.79 Å². The highest BCUT2D eigenvalue weighted by atomic mass is 16.5. The van der Waals surface area contributed by atoms with E-state index in [1.807, 2.05) is 53.1 Å². The summed E-state index contributed by atoms with van der Waals surface area (Å²) in [6.07, 6.45) is 0.643. The van der Waals surface area contributed by atoms with E-state index in [0.29, 0.717) is 23.7 Å². The Kier molecular flexibility index (Phi) is 6.73. The van der Waals surface area contributed by atoms with Crippen LogP contribution in [0.15, 0.2) is 72.8 Å². The van der Waals surface area contributed by atoms with Crippen molar-refractivity contribution in [1.82, 2.24) is 0 Å². The maximum atomic E-state index is 13.6. The minimum absolute atomic E-state index is 0.0146. The summed E-state index contributed by atoms with van der Waals surface area (Å²) in [6.45, 7) is 7.97. The molecule has 5 heteroatoms. The van der Waals surface area contributed by atoms with Gasteiger partial charge in [-0.1, -0.05) is 44.2 Å². The van der Waals surface area contributed by atoms with E-state index in [1.165, 1.54) is 5.56 Å². The summed E-state index contributed by atoms with van der Waals surface area (Å²) in [4.78, 5) is 30.2. The third-order valence-electron chi connectivity index (χ3n) is 6.61. The molecule has 3 aromatic rings. The fraction of sp³-hybridized carbons (Fsp3) is 0.310. The van der Waals surface area contributed by atoms with Gasteiger partial charge >= 0.3 is 0 Å². The Balaban J connectivity index is 1.73. The smallest absolute Gasteiger partial charge is 0.258 e. The van der Waals surface area contributed by atoms with E-state index in [-0.39, 0.29) is 23.9 Å². The van der Waals surface area contributed by atoms with Gasteiger partial charge in [-0.05, 0) is 72.9 Å². The van der Waals surface area contributed by atoms with E-state index >= 15 is 0 Å². The van der Waals surface area contributed by atoms with Crippen LogP contribution in [0.2, 0.25) is 0 Å². The number of hydrogen-bond acceptors (Lipinski definition) is 3. The summed E-state index contributed by atoms with van der Waals surface area (Å²) >= 11 is 0. The zero-order valence-corrected chi connectivity index (χ0v) is 20.5. The van der Waals surface area contributed by atoms with Crippen LogP contribution in [0.3, 0.4) is 0 Å². The lowest BCUT2D eigenvalue weighted by molar-refractivity contribution is -0.117. The zero-order chi connectivity index (χ0) is 24.4. The average molecular weight is 457 g/mol. The molecular formula is C29H32N2O3. The molecule has 0 N–H and O–H groups in total. The molecule has 0 fully saturated rings. The lowest BCUT2D eigenvalue weighted by Crippen LogP contribution is -2.47. The molecule has 2 atom stereocenters. The van der Waals surface area contributed by atoms with E-state index in [9.17, 15) is 9.59 Å². The minimum Gasteiger partial charge on any atom is -0.497 e. The first kappa shape index (κ1) is 23.6. The number of hydrogen-bond donors (Lipinski definition) is 0. The highest BCUT2D eigenvalue weighted by Gasteiger charge is 2.38. The molecular weight excluding hydrogens is 424 g/mol. The molecule has 2 amide bonds. The van der Waals surface area contributed by atoms with Gasteiger partial charge in [0.1, 0.15) is 5.75 Å². The van der Waals surface area contributed by atoms with Crippen LogP contribution in [0.5, 0.6) is 5.75 Å². The van der Waals surface area contributed by atoms with Crippen molar-refractivity contribution in [2.45, 2.75) is 52.1 Å². The molecule has 4 rings (SSSR count). The fourth-order valence-corrected chi connectivity index (χ4v) is 4.81. The highest BCUT2D eigenvalue weighted by Crippen LogP contribution is 2.43. The van der Waals surface area contributed by atoms with Crippen molar-refractivity contribution in [3.8, 4) is 5.75 Å². The lowest BCUT2D eigenvalue weighted by atomic mass is 9.89. The number of nitrogens with zero attached hydrogens (tertiary/aromatic N) is 2. The van der Waals surface area contributed by atoms with Crippen LogP contribution >= 0.6 is 0 Å². The summed E-state index contributed by atoms with van der Waals surface area (Å²) < 4.78 is 5.23. The monoisotopic (exact) mass is 456 g/mol. The number of amides is 2. The predicted molar refractivity (Wildman–Crippen MR) is 137 cm³/mol.